The Bertz CT molecular complexity index is 542. The maximum atomic E-state index is 12.0. The molecule has 7 heteroatoms. The molecule has 1 N–H and O–H groups in total. The smallest absolute Gasteiger partial charge is 0.242 e. The minimum atomic E-state index is -3.61. The fourth-order valence-corrected chi connectivity index (χ4v) is 3.32. The van der Waals surface area contributed by atoms with Crippen LogP contribution in [0.5, 0.6) is 11.5 Å². The standard InChI is InChI=1S/C11H14BrNO4S/c1-4-5-13-18(14,15)11-7-10(17-3)9(16-2)6-8(11)12/h4,6-7,13H,1,5H2,2-3H3. The van der Waals surface area contributed by atoms with Crippen molar-refractivity contribution in [2.75, 3.05) is 20.8 Å². The molecule has 0 radical (unpaired) electrons. The van der Waals surface area contributed by atoms with Gasteiger partial charge in [0.25, 0.3) is 0 Å². The Hall–Kier alpha value is -1.05. The van der Waals surface area contributed by atoms with Gasteiger partial charge in [0, 0.05) is 17.1 Å². The summed E-state index contributed by atoms with van der Waals surface area (Å²) in [7, 11) is -0.690. The van der Waals surface area contributed by atoms with E-state index in [0.29, 0.717) is 16.0 Å². The van der Waals surface area contributed by atoms with E-state index in [1.54, 1.807) is 6.07 Å². The fraction of sp³-hybridized carbons (Fsp3) is 0.273. The monoisotopic (exact) mass is 335 g/mol. The van der Waals surface area contributed by atoms with Gasteiger partial charge < -0.3 is 9.47 Å². The van der Waals surface area contributed by atoms with Crippen LogP contribution >= 0.6 is 15.9 Å². The molecule has 0 unspecified atom stereocenters. The Morgan fingerprint density at radius 3 is 2.39 bits per heavy atom. The third-order valence-corrected chi connectivity index (χ3v) is 4.53. The van der Waals surface area contributed by atoms with E-state index < -0.39 is 10.0 Å². The minimum Gasteiger partial charge on any atom is -0.493 e. The van der Waals surface area contributed by atoms with Crippen molar-refractivity contribution in [2.45, 2.75) is 4.90 Å². The van der Waals surface area contributed by atoms with Gasteiger partial charge in [-0.1, -0.05) is 6.08 Å². The van der Waals surface area contributed by atoms with Gasteiger partial charge in [-0.05, 0) is 22.0 Å². The molecule has 0 aliphatic heterocycles. The first-order chi connectivity index (χ1) is 8.46. The average Bonchev–Trinajstić information content (AvgIpc) is 2.35. The number of hydrogen-bond acceptors (Lipinski definition) is 4. The average molecular weight is 336 g/mol. The Labute approximate surface area is 115 Å². The third kappa shape index (κ3) is 3.24. The number of rotatable bonds is 6. The van der Waals surface area contributed by atoms with E-state index in [0.717, 1.165) is 0 Å². The molecule has 0 bridgehead atoms. The van der Waals surface area contributed by atoms with Crippen molar-refractivity contribution in [3.05, 3.63) is 29.3 Å². The number of halogens is 1. The van der Waals surface area contributed by atoms with E-state index >= 15 is 0 Å². The molecule has 0 saturated heterocycles. The molecule has 18 heavy (non-hydrogen) atoms. The molecule has 0 amide bonds. The lowest BCUT2D eigenvalue weighted by atomic mass is 10.3. The summed E-state index contributed by atoms with van der Waals surface area (Å²) in [5, 5.41) is 0. The first-order valence-corrected chi connectivity index (χ1v) is 7.26. The van der Waals surface area contributed by atoms with Crippen LogP contribution in [0.1, 0.15) is 0 Å². The summed E-state index contributed by atoms with van der Waals surface area (Å²) < 4.78 is 36.9. The number of methoxy groups -OCH3 is 2. The van der Waals surface area contributed by atoms with E-state index in [1.165, 1.54) is 26.4 Å². The first kappa shape index (κ1) is 15.0. The molecule has 0 aliphatic carbocycles. The summed E-state index contributed by atoms with van der Waals surface area (Å²) >= 11 is 3.20. The van der Waals surface area contributed by atoms with Crippen LogP contribution < -0.4 is 14.2 Å². The first-order valence-electron chi connectivity index (χ1n) is 4.98. The van der Waals surface area contributed by atoms with E-state index in [4.69, 9.17) is 9.47 Å². The van der Waals surface area contributed by atoms with Gasteiger partial charge in [0.1, 0.15) is 4.90 Å². The molecule has 0 spiro atoms. The van der Waals surface area contributed by atoms with Crippen molar-refractivity contribution < 1.29 is 17.9 Å². The van der Waals surface area contributed by atoms with Gasteiger partial charge in [-0.25, -0.2) is 13.1 Å². The predicted molar refractivity (Wildman–Crippen MR) is 72.6 cm³/mol. The van der Waals surface area contributed by atoms with E-state index in [9.17, 15) is 8.42 Å². The maximum absolute atomic E-state index is 12.0. The highest BCUT2D eigenvalue weighted by Crippen LogP contribution is 2.35. The molecular formula is C11H14BrNO4S. The molecule has 1 aromatic rings. The molecule has 0 aromatic heterocycles. The topological polar surface area (TPSA) is 64.6 Å². The summed E-state index contributed by atoms with van der Waals surface area (Å²) in [5.41, 5.74) is 0. The van der Waals surface area contributed by atoms with Crippen LogP contribution in [0.15, 0.2) is 34.2 Å². The summed E-state index contributed by atoms with van der Waals surface area (Å²) in [5.74, 6) is 0.798. The number of ether oxygens (including phenoxy) is 2. The van der Waals surface area contributed by atoms with Gasteiger partial charge >= 0.3 is 0 Å². The highest BCUT2D eigenvalue weighted by molar-refractivity contribution is 9.10. The van der Waals surface area contributed by atoms with Gasteiger partial charge in [0.2, 0.25) is 10.0 Å². The maximum Gasteiger partial charge on any atom is 0.242 e. The second-order valence-electron chi connectivity index (χ2n) is 3.28. The Balaban J connectivity index is 3.29. The molecule has 0 saturated carbocycles. The molecule has 0 aliphatic rings. The van der Waals surface area contributed by atoms with Crippen LogP contribution in [0.4, 0.5) is 0 Å². The lowest BCUT2D eigenvalue weighted by molar-refractivity contribution is 0.353. The summed E-state index contributed by atoms with van der Waals surface area (Å²) in [6.07, 6.45) is 1.46. The van der Waals surface area contributed by atoms with E-state index in [2.05, 4.69) is 27.2 Å². The second-order valence-corrected chi connectivity index (χ2v) is 5.87. The van der Waals surface area contributed by atoms with Crippen molar-refractivity contribution >= 4 is 26.0 Å². The van der Waals surface area contributed by atoms with Gasteiger partial charge in [-0.15, -0.1) is 6.58 Å². The van der Waals surface area contributed by atoms with Crippen molar-refractivity contribution in [3.8, 4) is 11.5 Å². The molecule has 0 fully saturated rings. The van der Waals surface area contributed by atoms with Crippen molar-refractivity contribution in [1.82, 2.24) is 4.72 Å². The lowest BCUT2D eigenvalue weighted by Gasteiger charge is -2.12. The molecule has 1 aromatic carbocycles. The molecule has 100 valence electrons. The molecule has 0 atom stereocenters. The fourth-order valence-electron chi connectivity index (χ4n) is 1.29. The van der Waals surface area contributed by atoms with Gasteiger partial charge in [-0.3, -0.25) is 0 Å². The number of benzene rings is 1. The Kier molecular flexibility index (Phi) is 5.18. The summed E-state index contributed by atoms with van der Waals surface area (Å²) in [4.78, 5) is 0.0852. The normalized spacial score (nSPS) is 11.1. The van der Waals surface area contributed by atoms with Crippen molar-refractivity contribution in [1.29, 1.82) is 0 Å². The lowest BCUT2D eigenvalue weighted by Crippen LogP contribution is -2.24. The number of hydrogen-bond donors (Lipinski definition) is 1. The van der Waals surface area contributed by atoms with Crippen LogP contribution in [0.2, 0.25) is 0 Å². The van der Waals surface area contributed by atoms with Crippen LogP contribution in [-0.4, -0.2) is 29.2 Å². The zero-order valence-corrected chi connectivity index (χ0v) is 12.5. The van der Waals surface area contributed by atoms with E-state index in [1.807, 2.05) is 0 Å². The molecular weight excluding hydrogens is 322 g/mol. The van der Waals surface area contributed by atoms with Crippen LogP contribution in [0.3, 0.4) is 0 Å². The van der Waals surface area contributed by atoms with Crippen molar-refractivity contribution in [2.24, 2.45) is 0 Å². The highest BCUT2D eigenvalue weighted by Gasteiger charge is 2.20. The number of sulfonamides is 1. The van der Waals surface area contributed by atoms with Crippen LogP contribution in [0, 0.1) is 0 Å². The quantitative estimate of drug-likeness (QED) is 0.807. The summed E-state index contributed by atoms with van der Waals surface area (Å²) in [6.45, 7) is 3.61. The predicted octanol–water partition coefficient (Wildman–Crippen LogP) is 1.93. The Morgan fingerprint density at radius 1 is 1.33 bits per heavy atom. The molecule has 5 nitrogen and oxygen atoms in total. The number of nitrogens with one attached hydrogen (secondary N) is 1. The highest BCUT2D eigenvalue weighted by atomic mass is 79.9. The minimum absolute atomic E-state index is 0.0852. The van der Waals surface area contributed by atoms with Gasteiger partial charge in [0.15, 0.2) is 11.5 Å². The SMILES string of the molecule is C=CCNS(=O)(=O)c1cc(OC)c(OC)cc1Br. The summed E-state index contributed by atoms with van der Waals surface area (Å²) in [6, 6.07) is 2.94. The zero-order valence-electron chi connectivity index (χ0n) is 10.1. The Morgan fingerprint density at radius 2 is 1.89 bits per heavy atom. The van der Waals surface area contributed by atoms with Crippen molar-refractivity contribution in [3.63, 3.8) is 0 Å². The zero-order chi connectivity index (χ0) is 13.8. The van der Waals surface area contributed by atoms with Crippen LogP contribution in [0.25, 0.3) is 0 Å². The van der Waals surface area contributed by atoms with E-state index in [-0.39, 0.29) is 11.4 Å². The van der Waals surface area contributed by atoms with Gasteiger partial charge in [0.05, 0.1) is 14.2 Å². The molecule has 1 rings (SSSR count). The molecule has 0 heterocycles. The largest absolute Gasteiger partial charge is 0.493 e. The van der Waals surface area contributed by atoms with Gasteiger partial charge in [-0.2, -0.15) is 0 Å². The second kappa shape index (κ2) is 6.21. The third-order valence-electron chi connectivity index (χ3n) is 2.15. The van der Waals surface area contributed by atoms with Crippen LogP contribution in [-0.2, 0) is 10.0 Å².